The molecular formula is C25H32N4O2. The highest BCUT2D eigenvalue weighted by molar-refractivity contribution is 5.94. The minimum atomic E-state index is 0.0293. The lowest BCUT2D eigenvalue weighted by atomic mass is 9.86. The van der Waals surface area contributed by atoms with Crippen LogP contribution in [0.2, 0.25) is 0 Å². The fourth-order valence-corrected chi connectivity index (χ4v) is 5.01. The standard InChI is InChI=1S/C25H32N4O2/c30-25(20-5-8-22(9-6-20)28-14-16-31-17-15-28)27-21-7-4-19-2-1-3-24(23(19)18-21)29-12-10-26-11-13-29/h1-3,5-6,8-9,21,26H,4,7,10-18H2,(H,27,30)/t21-/m1/s1. The molecule has 0 bridgehead atoms. The summed E-state index contributed by atoms with van der Waals surface area (Å²) >= 11 is 0. The number of nitrogens with one attached hydrogen (secondary N) is 2. The highest BCUT2D eigenvalue weighted by Gasteiger charge is 2.25. The molecule has 0 unspecified atom stereocenters. The minimum Gasteiger partial charge on any atom is -0.378 e. The number of hydrogen-bond donors (Lipinski definition) is 2. The molecule has 0 aromatic heterocycles. The van der Waals surface area contributed by atoms with Gasteiger partial charge in [0.2, 0.25) is 0 Å². The lowest BCUT2D eigenvalue weighted by Gasteiger charge is -2.34. The van der Waals surface area contributed by atoms with E-state index in [4.69, 9.17) is 4.74 Å². The number of fused-ring (bicyclic) bond motifs is 1. The number of ether oxygens (including phenoxy) is 1. The number of benzene rings is 2. The smallest absolute Gasteiger partial charge is 0.251 e. The molecule has 2 aromatic rings. The van der Waals surface area contributed by atoms with Crippen molar-refractivity contribution >= 4 is 17.3 Å². The van der Waals surface area contributed by atoms with Gasteiger partial charge in [0.1, 0.15) is 0 Å². The first-order chi connectivity index (χ1) is 15.3. The summed E-state index contributed by atoms with van der Waals surface area (Å²) in [5.74, 6) is 0.0293. The van der Waals surface area contributed by atoms with Gasteiger partial charge in [0.05, 0.1) is 13.2 Å². The lowest BCUT2D eigenvalue weighted by molar-refractivity contribution is 0.0933. The third kappa shape index (κ3) is 4.55. The van der Waals surface area contributed by atoms with Gasteiger partial charge in [0, 0.05) is 62.2 Å². The molecule has 0 spiro atoms. The van der Waals surface area contributed by atoms with Crippen LogP contribution in [0.5, 0.6) is 0 Å². The van der Waals surface area contributed by atoms with E-state index < -0.39 is 0 Å². The van der Waals surface area contributed by atoms with Crippen molar-refractivity contribution in [3.63, 3.8) is 0 Å². The van der Waals surface area contributed by atoms with Crippen molar-refractivity contribution < 1.29 is 9.53 Å². The van der Waals surface area contributed by atoms with Crippen LogP contribution < -0.4 is 20.4 Å². The fraction of sp³-hybridized carbons (Fsp3) is 0.480. The van der Waals surface area contributed by atoms with Crippen LogP contribution in [0, 0.1) is 0 Å². The molecule has 0 saturated carbocycles. The molecule has 2 aromatic carbocycles. The van der Waals surface area contributed by atoms with Crippen LogP contribution >= 0.6 is 0 Å². The van der Waals surface area contributed by atoms with Crippen LogP contribution in [-0.2, 0) is 17.6 Å². The molecule has 1 amide bonds. The van der Waals surface area contributed by atoms with Gasteiger partial charge in [0.25, 0.3) is 5.91 Å². The third-order valence-corrected chi connectivity index (χ3v) is 6.76. The summed E-state index contributed by atoms with van der Waals surface area (Å²) in [5.41, 5.74) is 6.11. The lowest BCUT2D eigenvalue weighted by Crippen LogP contribution is -2.45. The second-order valence-electron chi connectivity index (χ2n) is 8.71. The van der Waals surface area contributed by atoms with E-state index >= 15 is 0 Å². The number of nitrogens with zero attached hydrogens (tertiary/aromatic N) is 2. The number of rotatable bonds is 4. The third-order valence-electron chi connectivity index (χ3n) is 6.76. The average molecular weight is 421 g/mol. The van der Waals surface area contributed by atoms with Gasteiger partial charge < -0.3 is 25.2 Å². The number of amides is 1. The maximum Gasteiger partial charge on any atom is 0.251 e. The highest BCUT2D eigenvalue weighted by atomic mass is 16.5. The van der Waals surface area contributed by atoms with Crippen molar-refractivity contribution in [1.29, 1.82) is 0 Å². The van der Waals surface area contributed by atoms with Gasteiger partial charge in [-0.1, -0.05) is 12.1 Å². The topological polar surface area (TPSA) is 56.8 Å². The highest BCUT2D eigenvalue weighted by Crippen LogP contribution is 2.31. The van der Waals surface area contributed by atoms with Crippen molar-refractivity contribution in [1.82, 2.24) is 10.6 Å². The molecule has 164 valence electrons. The van der Waals surface area contributed by atoms with Crippen molar-refractivity contribution in [2.45, 2.75) is 25.3 Å². The van der Waals surface area contributed by atoms with E-state index in [0.717, 1.165) is 83.0 Å². The Labute approximate surface area is 184 Å². The maximum atomic E-state index is 12.9. The Morgan fingerprint density at radius 1 is 0.968 bits per heavy atom. The summed E-state index contributed by atoms with van der Waals surface area (Å²) in [6.45, 7) is 7.49. The quantitative estimate of drug-likeness (QED) is 0.795. The first-order valence-electron chi connectivity index (χ1n) is 11.6. The fourth-order valence-electron chi connectivity index (χ4n) is 5.01. The Morgan fingerprint density at radius 2 is 1.74 bits per heavy atom. The molecular weight excluding hydrogens is 388 g/mol. The summed E-state index contributed by atoms with van der Waals surface area (Å²) in [6, 6.07) is 14.9. The van der Waals surface area contributed by atoms with E-state index in [1.165, 1.54) is 16.8 Å². The van der Waals surface area contributed by atoms with Gasteiger partial charge in [-0.25, -0.2) is 0 Å². The van der Waals surface area contributed by atoms with Crippen molar-refractivity contribution in [3.8, 4) is 0 Å². The second-order valence-corrected chi connectivity index (χ2v) is 8.71. The largest absolute Gasteiger partial charge is 0.378 e. The molecule has 6 heteroatoms. The molecule has 1 aliphatic carbocycles. The van der Waals surface area contributed by atoms with Crippen LogP contribution in [0.1, 0.15) is 27.9 Å². The van der Waals surface area contributed by atoms with Crippen LogP contribution in [0.4, 0.5) is 11.4 Å². The van der Waals surface area contributed by atoms with Crippen molar-refractivity contribution in [2.24, 2.45) is 0 Å². The predicted molar refractivity (Wildman–Crippen MR) is 124 cm³/mol. The van der Waals surface area contributed by atoms with Crippen molar-refractivity contribution in [3.05, 3.63) is 59.2 Å². The van der Waals surface area contributed by atoms with Gasteiger partial charge in [-0.05, 0) is 60.7 Å². The summed E-state index contributed by atoms with van der Waals surface area (Å²) in [4.78, 5) is 17.7. The van der Waals surface area contributed by atoms with Gasteiger partial charge in [0.15, 0.2) is 0 Å². The Bertz CT molecular complexity index is 902. The average Bonchev–Trinajstić information content (AvgIpc) is 2.85. The maximum absolute atomic E-state index is 12.9. The number of morpholine rings is 1. The van der Waals surface area contributed by atoms with Gasteiger partial charge in [-0.2, -0.15) is 0 Å². The van der Waals surface area contributed by atoms with Gasteiger partial charge >= 0.3 is 0 Å². The van der Waals surface area contributed by atoms with Gasteiger partial charge in [-0.3, -0.25) is 4.79 Å². The first-order valence-corrected chi connectivity index (χ1v) is 11.6. The molecule has 2 fully saturated rings. The minimum absolute atomic E-state index is 0.0293. The Morgan fingerprint density at radius 3 is 2.52 bits per heavy atom. The van der Waals surface area contributed by atoms with Crippen LogP contribution in [0.15, 0.2) is 42.5 Å². The predicted octanol–water partition coefficient (Wildman–Crippen LogP) is 2.22. The number of carbonyl (C=O) groups excluding carboxylic acids is 1. The molecule has 31 heavy (non-hydrogen) atoms. The molecule has 2 aliphatic heterocycles. The zero-order valence-electron chi connectivity index (χ0n) is 18.1. The SMILES string of the molecule is O=C(N[C@@H]1CCc2cccc(N3CCNCC3)c2C1)c1ccc(N2CCOCC2)cc1. The Balaban J connectivity index is 1.25. The summed E-state index contributed by atoms with van der Waals surface area (Å²) in [6.07, 6.45) is 2.93. The molecule has 2 heterocycles. The van der Waals surface area contributed by atoms with Gasteiger partial charge in [-0.15, -0.1) is 0 Å². The second kappa shape index (κ2) is 9.28. The normalized spacial score (nSPS) is 21.5. The summed E-state index contributed by atoms with van der Waals surface area (Å²) < 4.78 is 5.43. The molecule has 2 N–H and O–H groups in total. The first kappa shape index (κ1) is 20.3. The summed E-state index contributed by atoms with van der Waals surface area (Å²) in [7, 11) is 0. The number of aryl methyl sites for hydroxylation is 1. The van der Waals surface area contributed by atoms with E-state index in [1.807, 2.05) is 12.1 Å². The molecule has 3 aliphatic rings. The van der Waals surface area contributed by atoms with E-state index in [0.29, 0.717) is 0 Å². The van der Waals surface area contributed by atoms with E-state index in [-0.39, 0.29) is 11.9 Å². The monoisotopic (exact) mass is 420 g/mol. The number of piperazine rings is 1. The van der Waals surface area contributed by atoms with Crippen LogP contribution in [-0.4, -0.2) is 64.4 Å². The van der Waals surface area contributed by atoms with E-state index in [1.54, 1.807) is 0 Å². The molecule has 1 atom stereocenters. The van der Waals surface area contributed by atoms with E-state index in [2.05, 4.69) is 50.8 Å². The van der Waals surface area contributed by atoms with Crippen LogP contribution in [0.25, 0.3) is 0 Å². The Kier molecular flexibility index (Phi) is 6.09. The number of carbonyl (C=O) groups is 1. The van der Waals surface area contributed by atoms with Crippen molar-refractivity contribution in [2.75, 3.05) is 62.3 Å². The molecule has 2 saturated heterocycles. The summed E-state index contributed by atoms with van der Waals surface area (Å²) in [5, 5.41) is 6.74. The molecule has 5 rings (SSSR count). The number of anilines is 2. The Hall–Kier alpha value is -2.57. The number of hydrogen-bond acceptors (Lipinski definition) is 5. The molecule has 0 radical (unpaired) electrons. The van der Waals surface area contributed by atoms with E-state index in [9.17, 15) is 4.79 Å². The van der Waals surface area contributed by atoms with Crippen LogP contribution in [0.3, 0.4) is 0 Å². The zero-order chi connectivity index (χ0) is 21.0. The zero-order valence-corrected chi connectivity index (χ0v) is 18.1. The molecule has 6 nitrogen and oxygen atoms in total.